The van der Waals surface area contributed by atoms with E-state index in [2.05, 4.69) is 10.2 Å². The van der Waals surface area contributed by atoms with Crippen molar-refractivity contribution >= 4 is 29.8 Å². The lowest BCUT2D eigenvalue weighted by Gasteiger charge is -2.43. The molecule has 0 unspecified atom stereocenters. The average molecular weight is 1540 g/mol. The first-order chi connectivity index (χ1) is 51.3. The summed E-state index contributed by atoms with van der Waals surface area (Å²) in [6, 6.07) is 25.0. The normalized spacial score (nSPS) is 24.0. The largest absolute Gasteiger partial charge is 0.465 e. The molecule has 7 N–H and O–H groups in total. The van der Waals surface area contributed by atoms with Crippen LogP contribution in [0.15, 0.2) is 134 Å². The Balaban J connectivity index is 0.000000174. The second-order valence-corrected chi connectivity index (χ2v) is 29.8. The van der Waals surface area contributed by atoms with Gasteiger partial charge in [0, 0.05) is 76.0 Å². The molecule has 1 aromatic heterocycles. The number of nitrogens with zero attached hydrogens (tertiary/aromatic N) is 5. The number of aliphatic hydroxyl groups excluding tert-OH is 2. The Bertz CT molecular complexity index is 4140. The van der Waals surface area contributed by atoms with Crippen molar-refractivity contribution in [2.75, 3.05) is 26.4 Å². The van der Waals surface area contributed by atoms with Crippen molar-refractivity contribution in [3.05, 3.63) is 201 Å². The number of esters is 1. The molecule has 6 fully saturated rings. The second kappa shape index (κ2) is 32.7. The Labute approximate surface area is 621 Å². The van der Waals surface area contributed by atoms with Gasteiger partial charge in [0.1, 0.15) is 24.1 Å². The monoisotopic (exact) mass is 1540 g/mol. The molecule has 12 rings (SSSR count). The molecule has 3 atom stereocenters. The molecule has 1 heterocycles. The Morgan fingerprint density at radius 3 is 1.20 bits per heavy atom. The van der Waals surface area contributed by atoms with E-state index in [0.29, 0.717) is 90.9 Å². The van der Waals surface area contributed by atoms with Gasteiger partial charge in [0.25, 0.3) is 17.7 Å². The maximum absolute atomic E-state index is 14.5. The number of hydrogen-bond donors (Lipinski definition) is 6. The Kier molecular flexibility index (Phi) is 24.8. The topological polar surface area (TPSA) is 266 Å². The van der Waals surface area contributed by atoms with E-state index in [-0.39, 0.29) is 113 Å². The van der Waals surface area contributed by atoms with Gasteiger partial charge >= 0.3 is 30.6 Å². The lowest BCUT2D eigenvalue weighted by Crippen LogP contribution is -2.49. The number of ether oxygens (including phenoxy) is 2. The number of hydrogen-bond acceptors (Lipinski definition) is 14. The summed E-state index contributed by atoms with van der Waals surface area (Å²) in [6.45, 7) is 1.54. The van der Waals surface area contributed by atoms with Crippen LogP contribution in [0.25, 0.3) is 0 Å². The first kappa shape index (κ1) is 82.8. The zero-order chi connectivity index (χ0) is 79.5. The Morgan fingerprint density at radius 1 is 0.477 bits per heavy atom. The number of halogens is 12. The first-order valence-corrected chi connectivity index (χ1v) is 36.3. The fourth-order valence-electron chi connectivity index (χ4n) is 15.5. The van der Waals surface area contributed by atoms with Crippen LogP contribution in [0, 0.1) is 17.5 Å². The second-order valence-electron chi connectivity index (χ2n) is 29.8. The van der Waals surface area contributed by atoms with Crippen LogP contribution in [0.3, 0.4) is 0 Å². The number of benzene rings is 5. The summed E-state index contributed by atoms with van der Waals surface area (Å²) in [5, 5.41) is 56.8. The summed E-state index contributed by atoms with van der Waals surface area (Å²) in [7, 11) is 0. The van der Waals surface area contributed by atoms with E-state index < -0.39 is 87.3 Å². The molecule has 0 radical (unpaired) electrons. The molecule has 4 amide bonds. The van der Waals surface area contributed by atoms with Gasteiger partial charge in [-0.15, -0.1) is 0 Å². The van der Waals surface area contributed by atoms with Crippen LogP contribution in [0.4, 0.5) is 57.5 Å². The standard InChI is InChI=1S/C27H30F4N2O5.C26H28F5NO3.C26H30F3N3O4/c28-20-7-5-18(6-8-20)25(16-38-24(32)36)13-11-22(12-14-25)33(21-9-10-21)23(35)17-1-3-19(4-2-17)26(37,15-34)27(29,30)31;1-24(35,26(29,30)31)17-4-2-16(3-5-17)23(34)32(19-7-8-19)20-10-12-25(15-33,13-11-20)21-9-6-18(27)14-22(21)28;1-3-36-23(34)25(19-12-15-30-31-16-19)13-10-21(11-14-25)32(20-8-9-20)22(33)17-4-6-18(7-5-17)24(2,35)26(27,28)29/h1-8,21-22,34,37H,9-16H2,(H2,32,36);2-6,9,14,19-20,33,35H,7-8,10-13,15H2,1H3;4-7,12,15-16,20-21,35H,3,8-11,13-14H2,1-2H3/t22?,25?,26-;20?,24-,25?;21?,24-,25?/m000/s1. The zero-order valence-corrected chi connectivity index (χ0v) is 60.2. The molecular formula is C79H88F12N6O12. The molecule has 0 bridgehead atoms. The van der Waals surface area contributed by atoms with E-state index in [1.54, 1.807) is 47.3 Å². The number of carbonyl (C=O) groups is 5. The minimum absolute atomic E-state index is 0.0110. The van der Waals surface area contributed by atoms with Crippen molar-refractivity contribution in [3.63, 3.8) is 0 Å². The summed E-state index contributed by atoms with van der Waals surface area (Å²) in [5.41, 5.74) is -5.34. The van der Waals surface area contributed by atoms with Crippen LogP contribution in [-0.4, -0.2) is 161 Å². The molecule has 109 heavy (non-hydrogen) atoms. The summed E-state index contributed by atoms with van der Waals surface area (Å²) in [4.78, 5) is 70.1. The van der Waals surface area contributed by atoms with Gasteiger partial charge in [0.05, 0.1) is 31.4 Å². The lowest BCUT2D eigenvalue weighted by molar-refractivity contribution is -0.277. The van der Waals surface area contributed by atoms with Crippen LogP contribution in [0.2, 0.25) is 0 Å². The quantitative estimate of drug-likeness (QED) is 0.0289. The molecular weight excluding hydrogens is 1450 g/mol. The third-order valence-electron chi connectivity index (χ3n) is 22.7. The van der Waals surface area contributed by atoms with Crippen molar-refractivity contribution in [1.29, 1.82) is 0 Å². The van der Waals surface area contributed by atoms with Crippen LogP contribution < -0.4 is 5.73 Å². The third-order valence-corrected chi connectivity index (χ3v) is 22.7. The smallest absolute Gasteiger partial charge is 0.423 e. The minimum atomic E-state index is -5.09. The molecule has 6 aliphatic carbocycles. The van der Waals surface area contributed by atoms with Crippen molar-refractivity contribution < 1.29 is 112 Å². The summed E-state index contributed by atoms with van der Waals surface area (Å²) in [6.07, 6.45) is -1.45. The van der Waals surface area contributed by atoms with Gasteiger partial charge in [0.2, 0.25) is 5.60 Å². The molecule has 590 valence electrons. The van der Waals surface area contributed by atoms with Crippen molar-refractivity contribution in [3.8, 4) is 0 Å². The molecule has 30 heteroatoms. The molecule has 6 saturated carbocycles. The van der Waals surface area contributed by atoms with Gasteiger partial charge in [-0.3, -0.25) is 19.2 Å². The van der Waals surface area contributed by atoms with Crippen molar-refractivity contribution in [2.24, 2.45) is 5.73 Å². The Morgan fingerprint density at radius 2 is 0.862 bits per heavy atom. The number of aromatic nitrogens is 2. The zero-order valence-electron chi connectivity index (χ0n) is 60.2. The molecule has 5 aromatic carbocycles. The lowest BCUT2D eigenvalue weighted by atomic mass is 9.68. The van der Waals surface area contributed by atoms with Gasteiger partial charge in [-0.1, -0.05) is 54.6 Å². The Hall–Kier alpha value is -8.71. The number of alkyl halides is 9. The molecule has 6 aromatic rings. The van der Waals surface area contributed by atoms with E-state index in [4.69, 9.17) is 15.2 Å². The van der Waals surface area contributed by atoms with Crippen LogP contribution in [0.1, 0.15) is 201 Å². The van der Waals surface area contributed by atoms with Crippen molar-refractivity contribution in [1.82, 2.24) is 24.9 Å². The number of aliphatic hydroxyl groups is 5. The average Bonchev–Trinajstić information content (AvgIpc) is 1.75. The van der Waals surface area contributed by atoms with Crippen LogP contribution in [0.5, 0.6) is 0 Å². The highest BCUT2D eigenvalue weighted by atomic mass is 19.4. The molecule has 0 aliphatic heterocycles. The number of primary amides is 1. The predicted octanol–water partition coefficient (Wildman–Crippen LogP) is 13.7. The highest BCUT2D eigenvalue weighted by Crippen LogP contribution is 2.49. The van der Waals surface area contributed by atoms with Gasteiger partial charge < -0.3 is 55.4 Å². The van der Waals surface area contributed by atoms with Gasteiger partial charge in [-0.05, 0) is 230 Å². The number of rotatable bonds is 21. The van der Waals surface area contributed by atoms with Crippen molar-refractivity contribution in [2.45, 2.75) is 224 Å². The summed E-state index contributed by atoms with van der Waals surface area (Å²) in [5.74, 6) is -2.99. The van der Waals surface area contributed by atoms with E-state index >= 15 is 0 Å². The highest BCUT2D eigenvalue weighted by molar-refractivity contribution is 5.96. The summed E-state index contributed by atoms with van der Waals surface area (Å²) >= 11 is 0. The predicted molar refractivity (Wildman–Crippen MR) is 371 cm³/mol. The third kappa shape index (κ3) is 17.9. The van der Waals surface area contributed by atoms with E-state index in [0.717, 1.165) is 92.1 Å². The van der Waals surface area contributed by atoms with E-state index in [9.17, 15) is 102 Å². The van der Waals surface area contributed by atoms with Crippen LogP contribution >= 0.6 is 0 Å². The number of carbonyl (C=O) groups excluding carboxylic acids is 5. The number of amides is 4. The number of nitrogens with two attached hydrogens (primary N) is 1. The van der Waals surface area contributed by atoms with Gasteiger partial charge in [0.15, 0.2) is 11.2 Å². The highest BCUT2D eigenvalue weighted by Gasteiger charge is 2.57. The SMILES string of the molecule is CCOC(=O)C1(c2ccnnc2)CCC(N(C(=O)c2ccc([C@](C)(O)C(F)(F)F)cc2)C2CC2)CC1.C[C@](O)(c1ccc(C(=O)N(C2CC2)C2CCC(CO)(c3ccc(F)cc3F)CC2)cc1)C(F)(F)F.NC(=O)OCC1(c2ccc(F)cc2)CCC(N(C(=O)c2ccc([C@@](O)(CO)C(F)(F)F)cc2)C2CC2)CC1. The summed E-state index contributed by atoms with van der Waals surface area (Å²) < 4.78 is 171. The van der Waals surface area contributed by atoms with E-state index in [1.807, 2.05) is 4.90 Å². The molecule has 6 aliphatic rings. The van der Waals surface area contributed by atoms with Gasteiger partial charge in [-0.25, -0.2) is 18.0 Å². The fraction of sp³-hybridized carbons (Fsp3) is 0.506. The van der Waals surface area contributed by atoms with E-state index in [1.165, 1.54) is 60.7 Å². The molecule has 18 nitrogen and oxygen atoms in total. The van der Waals surface area contributed by atoms with Gasteiger partial charge in [-0.2, -0.15) is 49.7 Å². The maximum atomic E-state index is 14.5. The molecule has 0 spiro atoms. The minimum Gasteiger partial charge on any atom is -0.465 e. The van der Waals surface area contributed by atoms with Crippen LogP contribution in [-0.2, 0) is 47.3 Å². The first-order valence-electron chi connectivity index (χ1n) is 36.3. The maximum Gasteiger partial charge on any atom is 0.423 e. The molecule has 0 saturated heterocycles. The fourth-order valence-corrected chi connectivity index (χ4v) is 15.5.